The molecule has 1 aliphatic heterocycles. The van der Waals surface area contributed by atoms with Crippen molar-refractivity contribution in [2.45, 2.75) is 12.1 Å². The lowest BCUT2D eigenvalue weighted by Crippen LogP contribution is -2.45. The van der Waals surface area contributed by atoms with Gasteiger partial charge in [-0.1, -0.05) is 36.4 Å². The number of hydrogen-bond donors (Lipinski definition) is 2. The Hall–Kier alpha value is -1.73. The molecular formula is C18H23N3O2S. The van der Waals surface area contributed by atoms with Crippen LogP contribution in [-0.4, -0.2) is 43.7 Å². The van der Waals surface area contributed by atoms with Crippen molar-refractivity contribution >= 4 is 17.2 Å². The van der Waals surface area contributed by atoms with Crippen molar-refractivity contribution < 1.29 is 9.53 Å². The van der Waals surface area contributed by atoms with Crippen molar-refractivity contribution in [3.05, 3.63) is 58.3 Å². The number of nitrogens with two attached hydrogens (primary N) is 1. The van der Waals surface area contributed by atoms with Gasteiger partial charge in [-0.2, -0.15) is 0 Å². The number of benzene rings is 1. The van der Waals surface area contributed by atoms with Crippen LogP contribution in [0.5, 0.6) is 0 Å². The molecule has 24 heavy (non-hydrogen) atoms. The van der Waals surface area contributed by atoms with Crippen molar-refractivity contribution in [2.75, 3.05) is 32.8 Å². The zero-order valence-electron chi connectivity index (χ0n) is 13.6. The van der Waals surface area contributed by atoms with Crippen LogP contribution in [0.4, 0.5) is 0 Å². The minimum absolute atomic E-state index is 0.143. The number of hydrogen-bond acceptors (Lipinski definition) is 5. The fraction of sp³-hybridized carbons (Fsp3) is 0.389. The van der Waals surface area contributed by atoms with Gasteiger partial charge in [0, 0.05) is 24.5 Å². The summed E-state index contributed by atoms with van der Waals surface area (Å²) in [6.07, 6.45) is 0. The third kappa shape index (κ3) is 4.21. The van der Waals surface area contributed by atoms with Crippen molar-refractivity contribution in [2.24, 2.45) is 5.73 Å². The van der Waals surface area contributed by atoms with Gasteiger partial charge in [-0.25, -0.2) is 0 Å². The summed E-state index contributed by atoms with van der Waals surface area (Å²) in [6.45, 7) is 3.78. The van der Waals surface area contributed by atoms with Crippen LogP contribution in [0, 0.1) is 0 Å². The summed E-state index contributed by atoms with van der Waals surface area (Å²) < 4.78 is 5.44. The maximum absolute atomic E-state index is 12.4. The highest BCUT2D eigenvalue weighted by Gasteiger charge is 2.25. The molecule has 6 heteroatoms. The lowest BCUT2D eigenvalue weighted by molar-refractivity contribution is -0.122. The first kappa shape index (κ1) is 17.1. The molecule has 128 valence electrons. The van der Waals surface area contributed by atoms with E-state index in [1.807, 2.05) is 36.4 Å². The van der Waals surface area contributed by atoms with Gasteiger partial charge in [0.2, 0.25) is 5.91 Å². The van der Waals surface area contributed by atoms with Gasteiger partial charge in [-0.3, -0.25) is 9.69 Å². The van der Waals surface area contributed by atoms with Gasteiger partial charge in [0.05, 0.1) is 19.3 Å². The largest absolute Gasteiger partial charge is 0.379 e. The predicted molar refractivity (Wildman–Crippen MR) is 95.8 cm³/mol. The summed E-state index contributed by atoms with van der Waals surface area (Å²) in [5, 5.41) is 5.10. The quantitative estimate of drug-likeness (QED) is 0.840. The summed E-state index contributed by atoms with van der Waals surface area (Å²) in [4.78, 5) is 16.0. The van der Waals surface area contributed by atoms with Crippen LogP contribution in [0.2, 0.25) is 0 Å². The van der Waals surface area contributed by atoms with Gasteiger partial charge >= 0.3 is 0 Å². The minimum Gasteiger partial charge on any atom is -0.379 e. The first-order chi connectivity index (χ1) is 11.8. The maximum atomic E-state index is 12.4. The van der Waals surface area contributed by atoms with Gasteiger partial charge < -0.3 is 15.8 Å². The molecule has 1 aromatic carbocycles. The van der Waals surface area contributed by atoms with Crippen LogP contribution in [0.25, 0.3) is 0 Å². The smallest absolute Gasteiger partial charge is 0.241 e. The second-order valence-corrected chi connectivity index (χ2v) is 6.79. The Labute approximate surface area is 146 Å². The molecular weight excluding hydrogens is 322 g/mol. The summed E-state index contributed by atoms with van der Waals surface area (Å²) >= 11 is 1.72. The van der Waals surface area contributed by atoms with Crippen molar-refractivity contribution in [1.82, 2.24) is 10.2 Å². The highest BCUT2D eigenvalue weighted by Crippen LogP contribution is 2.25. The molecule has 2 atom stereocenters. The molecule has 5 nitrogen and oxygen atoms in total. The Morgan fingerprint density at radius 1 is 1.21 bits per heavy atom. The van der Waals surface area contributed by atoms with E-state index in [4.69, 9.17) is 10.5 Å². The highest BCUT2D eigenvalue weighted by atomic mass is 32.1. The Balaban J connectivity index is 1.63. The maximum Gasteiger partial charge on any atom is 0.241 e. The molecule has 1 aliphatic rings. The molecule has 1 saturated heterocycles. The Morgan fingerprint density at radius 3 is 2.62 bits per heavy atom. The zero-order chi connectivity index (χ0) is 16.8. The number of nitrogens with one attached hydrogen (secondary N) is 1. The number of amides is 1. The van der Waals surface area contributed by atoms with Crippen LogP contribution in [0.3, 0.4) is 0 Å². The molecule has 1 fully saturated rings. The molecule has 1 aromatic heterocycles. The van der Waals surface area contributed by atoms with Gasteiger partial charge in [-0.05, 0) is 17.0 Å². The number of nitrogens with zero attached hydrogens (tertiary/aromatic N) is 1. The fourth-order valence-electron chi connectivity index (χ4n) is 2.90. The van der Waals surface area contributed by atoms with Gasteiger partial charge in [0.25, 0.3) is 0 Å². The molecule has 0 aliphatic carbocycles. The van der Waals surface area contributed by atoms with Crippen LogP contribution in [0.1, 0.15) is 22.5 Å². The average molecular weight is 345 g/mol. The monoisotopic (exact) mass is 345 g/mol. The van der Waals surface area contributed by atoms with Gasteiger partial charge in [-0.15, -0.1) is 11.3 Å². The fourth-order valence-corrected chi connectivity index (χ4v) is 3.76. The first-order valence-corrected chi connectivity index (χ1v) is 9.07. The number of morpholine rings is 1. The molecule has 2 unspecified atom stereocenters. The number of carbonyl (C=O) groups is 1. The van der Waals surface area contributed by atoms with Gasteiger partial charge in [0.1, 0.15) is 6.04 Å². The third-order valence-corrected chi connectivity index (χ3v) is 5.24. The number of thiophene rings is 1. The summed E-state index contributed by atoms with van der Waals surface area (Å²) in [6, 6.07) is 13.2. The second-order valence-electron chi connectivity index (χ2n) is 5.81. The van der Waals surface area contributed by atoms with E-state index in [0.29, 0.717) is 6.54 Å². The molecule has 0 saturated carbocycles. The third-order valence-electron chi connectivity index (χ3n) is 4.27. The van der Waals surface area contributed by atoms with Crippen molar-refractivity contribution in [3.8, 4) is 0 Å². The number of carbonyl (C=O) groups excluding carboxylic acids is 1. The van der Waals surface area contributed by atoms with E-state index < -0.39 is 6.04 Å². The first-order valence-electron chi connectivity index (χ1n) is 8.19. The molecule has 2 aromatic rings. The van der Waals surface area contributed by atoms with E-state index in [2.05, 4.69) is 21.7 Å². The molecule has 0 bridgehead atoms. The van der Waals surface area contributed by atoms with Crippen LogP contribution < -0.4 is 11.1 Å². The Bertz CT molecular complexity index is 627. The van der Waals surface area contributed by atoms with E-state index in [1.54, 1.807) is 11.3 Å². The standard InChI is InChI=1S/C18H23N3O2S/c19-17(14-5-2-1-3-6-14)18(22)20-13-15(16-7-4-12-24-16)21-8-10-23-11-9-21/h1-7,12,15,17H,8-11,13,19H2,(H,20,22). The van der Waals surface area contributed by atoms with Crippen molar-refractivity contribution in [1.29, 1.82) is 0 Å². The highest BCUT2D eigenvalue weighted by molar-refractivity contribution is 7.10. The van der Waals surface area contributed by atoms with Gasteiger partial charge in [0.15, 0.2) is 0 Å². The Kier molecular flexibility index (Phi) is 5.98. The molecule has 3 rings (SSSR count). The normalized spacial score (nSPS) is 18.0. The summed E-state index contributed by atoms with van der Waals surface area (Å²) in [5.74, 6) is -0.143. The predicted octanol–water partition coefficient (Wildman–Crippen LogP) is 1.94. The van der Waals surface area contributed by atoms with E-state index >= 15 is 0 Å². The Morgan fingerprint density at radius 2 is 1.96 bits per heavy atom. The summed E-state index contributed by atoms with van der Waals surface area (Å²) in [7, 11) is 0. The number of rotatable bonds is 6. The minimum atomic E-state index is -0.639. The second kappa shape index (κ2) is 8.39. The molecule has 1 amide bonds. The topological polar surface area (TPSA) is 67.6 Å². The molecule has 0 spiro atoms. The van der Waals surface area contributed by atoms with Crippen LogP contribution in [-0.2, 0) is 9.53 Å². The van der Waals surface area contributed by atoms with E-state index in [0.717, 1.165) is 31.9 Å². The summed E-state index contributed by atoms with van der Waals surface area (Å²) in [5.41, 5.74) is 6.91. The molecule has 3 N–H and O–H groups in total. The van der Waals surface area contributed by atoms with E-state index in [-0.39, 0.29) is 11.9 Å². The van der Waals surface area contributed by atoms with E-state index in [9.17, 15) is 4.79 Å². The SMILES string of the molecule is NC(C(=O)NCC(c1cccs1)N1CCOCC1)c1ccccc1. The van der Waals surface area contributed by atoms with E-state index in [1.165, 1.54) is 4.88 Å². The molecule has 2 heterocycles. The van der Waals surface area contributed by atoms with Crippen LogP contribution in [0.15, 0.2) is 47.8 Å². The van der Waals surface area contributed by atoms with Crippen molar-refractivity contribution in [3.63, 3.8) is 0 Å². The average Bonchev–Trinajstić information content (AvgIpc) is 3.17. The zero-order valence-corrected chi connectivity index (χ0v) is 14.4. The lowest BCUT2D eigenvalue weighted by Gasteiger charge is -2.34. The molecule has 0 radical (unpaired) electrons. The lowest BCUT2D eigenvalue weighted by atomic mass is 10.1. The number of ether oxygens (including phenoxy) is 1. The van der Waals surface area contributed by atoms with Crippen LogP contribution >= 0.6 is 11.3 Å².